The molecule has 0 N–H and O–H groups in total. The Hall–Kier alpha value is -0.990. The molecule has 0 radical (unpaired) electrons. The number of rotatable bonds is 40. The van der Waals surface area contributed by atoms with Gasteiger partial charge in [0, 0.05) is 12.8 Å². The third kappa shape index (κ3) is 38.7. The minimum absolute atomic E-state index is 0.0258. The van der Waals surface area contributed by atoms with Crippen molar-refractivity contribution in [2.24, 2.45) is 0 Å². The molecule has 0 spiro atoms. The summed E-state index contributed by atoms with van der Waals surface area (Å²) >= 11 is 0. The summed E-state index contributed by atoms with van der Waals surface area (Å²) in [6.07, 6.45) is 34.0. The molecule has 2 atom stereocenters. The Labute approximate surface area is 321 Å². The maximum atomic E-state index is 12.6. The summed E-state index contributed by atoms with van der Waals surface area (Å²) in [5.41, 5.74) is 0. The normalized spacial score (nSPS) is 13.6. The number of likely N-dealkylation sites (N-methyl/N-ethyl adjacent to an activating group) is 1. The van der Waals surface area contributed by atoms with Gasteiger partial charge in [0.05, 0.1) is 27.7 Å². The predicted octanol–water partition coefficient (Wildman–Crippen LogP) is 11.4. The summed E-state index contributed by atoms with van der Waals surface area (Å²) in [4.78, 5) is 37.5. The average Bonchev–Trinajstić information content (AvgIpc) is 3.09. The van der Waals surface area contributed by atoms with E-state index in [0.29, 0.717) is 17.4 Å². The van der Waals surface area contributed by atoms with Crippen molar-refractivity contribution in [1.29, 1.82) is 0 Å². The monoisotopic (exact) mass is 762 g/mol. The third-order valence-corrected chi connectivity index (χ3v) is 10.6. The molecule has 310 valence electrons. The van der Waals surface area contributed by atoms with Gasteiger partial charge >= 0.3 is 11.9 Å². The number of hydrogen-bond acceptors (Lipinski definition) is 8. The lowest BCUT2D eigenvalue weighted by molar-refractivity contribution is -0.870. The van der Waals surface area contributed by atoms with Gasteiger partial charge in [0.1, 0.15) is 19.8 Å². The van der Waals surface area contributed by atoms with Gasteiger partial charge in [-0.1, -0.05) is 181 Å². The molecule has 10 heteroatoms. The highest BCUT2D eigenvalue weighted by atomic mass is 31.2. The van der Waals surface area contributed by atoms with Crippen LogP contribution in [0.4, 0.5) is 0 Å². The van der Waals surface area contributed by atoms with Crippen LogP contribution in [-0.4, -0.2) is 70.0 Å². The topological polar surface area (TPSA) is 111 Å². The molecule has 0 saturated carbocycles. The van der Waals surface area contributed by atoms with Crippen LogP contribution in [0.1, 0.15) is 206 Å². The number of hydrogen-bond donors (Lipinski definition) is 0. The zero-order valence-corrected chi connectivity index (χ0v) is 35.7. The molecule has 0 bridgehead atoms. The van der Waals surface area contributed by atoms with Gasteiger partial charge in [0.15, 0.2) is 6.10 Å². The Morgan fingerprint density at radius 2 is 0.865 bits per heavy atom. The van der Waals surface area contributed by atoms with Crippen molar-refractivity contribution in [3.63, 3.8) is 0 Å². The molecule has 0 saturated heterocycles. The molecule has 0 aromatic carbocycles. The molecule has 52 heavy (non-hydrogen) atoms. The molecule has 0 aliphatic carbocycles. The number of phosphoric acid groups is 1. The second-order valence-electron chi connectivity index (χ2n) is 16.1. The summed E-state index contributed by atoms with van der Waals surface area (Å²) in [6.45, 7) is 4.25. The number of unbranched alkanes of at least 4 members (excludes halogenated alkanes) is 26. The minimum atomic E-state index is -4.61. The molecule has 0 fully saturated rings. The highest BCUT2D eigenvalue weighted by Gasteiger charge is 2.21. The fourth-order valence-electron chi connectivity index (χ4n) is 6.18. The SMILES string of the molecule is CCCCCCCCCCCCCCCCCC(=O)O[C@@H](COC(=O)CCCCCCCCCCCCCCC)COP(=O)([O-])OCC[N+](C)(C)C. The van der Waals surface area contributed by atoms with E-state index >= 15 is 0 Å². The summed E-state index contributed by atoms with van der Waals surface area (Å²) < 4.78 is 33.9. The summed E-state index contributed by atoms with van der Waals surface area (Å²) in [7, 11) is 1.18. The van der Waals surface area contributed by atoms with Gasteiger partial charge in [-0.05, 0) is 12.8 Å². The zero-order valence-electron chi connectivity index (χ0n) is 34.8. The molecule has 0 aliphatic heterocycles. The maximum absolute atomic E-state index is 12.6. The Balaban J connectivity index is 4.33. The first-order valence-corrected chi connectivity index (χ1v) is 23.2. The van der Waals surface area contributed by atoms with E-state index in [0.717, 1.165) is 32.1 Å². The van der Waals surface area contributed by atoms with E-state index in [9.17, 15) is 19.0 Å². The van der Waals surface area contributed by atoms with Crippen molar-refractivity contribution in [2.45, 2.75) is 213 Å². The first-order chi connectivity index (χ1) is 25.0. The van der Waals surface area contributed by atoms with E-state index in [1.165, 1.54) is 141 Å². The Morgan fingerprint density at radius 3 is 1.23 bits per heavy atom. The van der Waals surface area contributed by atoms with Crippen LogP contribution in [0.5, 0.6) is 0 Å². The standard InChI is InChI=1S/C42H84NO8P/c1-6-8-10-12-14-16-18-20-21-23-25-27-29-31-33-35-42(45)51-40(39-50-52(46,47)49-37-36-43(3,4)5)38-48-41(44)34-32-30-28-26-24-22-19-17-15-13-11-9-7-2/h40H,6-39H2,1-5H3/t40-/m0/s1. The van der Waals surface area contributed by atoms with Crippen LogP contribution in [0.15, 0.2) is 0 Å². The Morgan fingerprint density at radius 1 is 0.519 bits per heavy atom. The molecule has 0 aromatic rings. The van der Waals surface area contributed by atoms with Gasteiger partial charge in [0.25, 0.3) is 7.82 Å². The fraction of sp³-hybridized carbons (Fsp3) is 0.952. The maximum Gasteiger partial charge on any atom is 0.306 e. The largest absolute Gasteiger partial charge is 0.756 e. The third-order valence-electron chi connectivity index (χ3n) is 9.63. The number of quaternary nitrogens is 1. The fourth-order valence-corrected chi connectivity index (χ4v) is 6.91. The average molecular weight is 762 g/mol. The molecule has 0 rings (SSSR count). The van der Waals surface area contributed by atoms with Gasteiger partial charge in [-0.25, -0.2) is 0 Å². The molecular formula is C42H84NO8P. The van der Waals surface area contributed by atoms with E-state index in [1.807, 2.05) is 21.1 Å². The van der Waals surface area contributed by atoms with Gasteiger partial charge in [-0.15, -0.1) is 0 Å². The van der Waals surface area contributed by atoms with Gasteiger partial charge in [0.2, 0.25) is 0 Å². The molecule has 9 nitrogen and oxygen atoms in total. The summed E-state index contributed by atoms with van der Waals surface area (Å²) in [5, 5.41) is 0. The second-order valence-corrected chi connectivity index (χ2v) is 17.5. The number of carbonyl (C=O) groups is 2. The van der Waals surface area contributed by atoms with Crippen LogP contribution in [0, 0.1) is 0 Å². The number of nitrogens with zero attached hydrogens (tertiary/aromatic N) is 1. The van der Waals surface area contributed by atoms with E-state index in [1.54, 1.807) is 0 Å². The van der Waals surface area contributed by atoms with Crippen molar-refractivity contribution in [3.8, 4) is 0 Å². The van der Waals surface area contributed by atoms with Crippen molar-refractivity contribution in [1.82, 2.24) is 0 Å². The van der Waals surface area contributed by atoms with Gasteiger partial charge in [-0.3, -0.25) is 14.2 Å². The highest BCUT2D eigenvalue weighted by Crippen LogP contribution is 2.38. The zero-order chi connectivity index (χ0) is 38.6. The Bertz CT molecular complexity index is 865. The lowest BCUT2D eigenvalue weighted by Gasteiger charge is -2.28. The summed E-state index contributed by atoms with van der Waals surface area (Å²) in [5.74, 6) is -0.821. The lowest BCUT2D eigenvalue weighted by atomic mass is 10.0. The number of ether oxygens (including phenoxy) is 2. The van der Waals surface area contributed by atoms with E-state index in [-0.39, 0.29) is 32.0 Å². The van der Waals surface area contributed by atoms with E-state index in [4.69, 9.17) is 18.5 Å². The first-order valence-electron chi connectivity index (χ1n) is 21.7. The molecule has 0 heterocycles. The minimum Gasteiger partial charge on any atom is -0.756 e. The van der Waals surface area contributed by atoms with E-state index in [2.05, 4.69) is 13.8 Å². The summed E-state index contributed by atoms with van der Waals surface area (Å²) in [6, 6.07) is 0. The van der Waals surface area contributed by atoms with Crippen LogP contribution in [0.2, 0.25) is 0 Å². The quantitative estimate of drug-likeness (QED) is 0.0263. The van der Waals surface area contributed by atoms with Crippen molar-refractivity contribution in [3.05, 3.63) is 0 Å². The number of phosphoric ester groups is 1. The molecule has 0 amide bonds. The lowest BCUT2D eigenvalue weighted by Crippen LogP contribution is -2.37. The van der Waals surface area contributed by atoms with E-state index < -0.39 is 26.5 Å². The van der Waals surface area contributed by atoms with Gasteiger partial charge in [-0.2, -0.15) is 0 Å². The number of esters is 2. The molecule has 0 aliphatic rings. The molecule has 0 aromatic heterocycles. The van der Waals surface area contributed by atoms with Crippen LogP contribution < -0.4 is 4.89 Å². The second kappa shape index (κ2) is 35.7. The van der Waals surface area contributed by atoms with Crippen LogP contribution in [0.3, 0.4) is 0 Å². The van der Waals surface area contributed by atoms with Crippen molar-refractivity contribution >= 4 is 19.8 Å². The Kier molecular flexibility index (Phi) is 35.0. The number of carbonyl (C=O) groups excluding carboxylic acids is 2. The molecular weight excluding hydrogens is 677 g/mol. The first kappa shape index (κ1) is 51.0. The van der Waals surface area contributed by atoms with Crippen molar-refractivity contribution < 1.29 is 42.1 Å². The highest BCUT2D eigenvalue weighted by molar-refractivity contribution is 7.45. The van der Waals surface area contributed by atoms with Gasteiger partial charge < -0.3 is 27.9 Å². The van der Waals surface area contributed by atoms with Crippen LogP contribution >= 0.6 is 7.82 Å². The molecule has 1 unspecified atom stereocenters. The van der Waals surface area contributed by atoms with Crippen LogP contribution in [0.25, 0.3) is 0 Å². The van der Waals surface area contributed by atoms with Crippen LogP contribution in [-0.2, 0) is 32.7 Å². The smallest absolute Gasteiger partial charge is 0.306 e. The predicted molar refractivity (Wildman–Crippen MR) is 213 cm³/mol. The van der Waals surface area contributed by atoms with Crippen molar-refractivity contribution in [2.75, 3.05) is 47.5 Å².